The Morgan fingerprint density at radius 2 is 1.96 bits per heavy atom. The summed E-state index contributed by atoms with van der Waals surface area (Å²) < 4.78 is 2.27. The van der Waals surface area contributed by atoms with Gasteiger partial charge in [0, 0.05) is 24.8 Å². The van der Waals surface area contributed by atoms with Gasteiger partial charge in [-0.2, -0.15) is 0 Å². The summed E-state index contributed by atoms with van der Waals surface area (Å²) in [5.74, 6) is 1.34. The lowest BCUT2D eigenvalue weighted by molar-refractivity contribution is -0.113. The Balaban J connectivity index is 1.42. The molecule has 1 amide bonds. The predicted octanol–water partition coefficient (Wildman–Crippen LogP) is 3.95. The summed E-state index contributed by atoms with van der Waals surface area (Å²) in [5.41, 5.74) is 3.11. The van der Waals surface area contributed by atoms with Crippen LogP contribution in [-0.2, 0) is 4.79 Å². The summed E-state index contributed by atoms with van der Waals surface area (Å²) in [7, 11) is 0. The number of carbonyl (C=O) groups excluding carboxylic acids is 1. The van der Waals surface area contributed by atoms with E-state index in [1.165, 1.54) is 43.9 Å². The average Bonchev–Trinajstić information content (AvgIpc) is 3.43. The zero-order valence-electron chi connectivity index (χ0n) is 16.1. The molecule has 1 aromatic carbocycles. The molecule has 1 saturated heterocycles. The van der Waals surface area contributed by atoms with Crippen LogP contribution in [-0.4, -0.2) is 39.5 Å². The molecule has 6 nitrogen and oxygen atoms in total. The van der Waals surface area contributed by atoms with Crippen molar-refractivity contribution in [3.8, 4) is 0 Å². The molecule has 7 heteroatoms. The van der Waals surface area contributed by atoms with Crippen molar-refractivity contribution in [2.75, 3.05) is 29.1 Å². The average molecular weight is 386 g/mol. The SMILES string of the molecule is Cc1ccc(C)c(NC(=O)CSc2nnc(N3CCCCC3)n2C2CC2)c1. The fourth-order valence-corrected chi connectivity index (χ4v) is 4.32. The van der Waals surface area contributed by atoms with Crippen LogP contribution in [0.1, 0.15) is 49.3 Å². The van der Waals surface area contributed by atoms with Crippen LogP contribution in [0.5, 0.6) is 0 Å². The molecule has 0 bridgehead atoms. The number of aryl methyl sites for hydroxylation is 2. The van der Waals surface area contributed by atoms with Crippen molar-refractivity contribution in [3.05, 3.63) is 29.3 Å². The van der Waals surface area contributed by atoms with E-state index in [1.807, 2.05) is 26.0 Å². The van der Waals surface area contributed by atoms with Gasteiger partial charge in [-0.05, 0) is 63.1 Å². The predicted molar refractivity (Wildman–Crippen MR) is 110 cm³/mol. The normalized spacial score (nSPS) is 17.2. The lowest BCUT2D eigenvalue weighted by Gasteiger charge is -2.27. The Labute approximate surface area is 164 Å². The van der Waals surface area contributed by atoms with Gasteiger partial charge in [0.2, 0.25) is 11.9 Å². The Kier molecular flexibility index (Phi) is 5.38. The van der Waals surface area contributed by atoms with Crippen molar-refractivity contribution in [1.82, 2.24) is 14.8 Å². The van der Waals surface area contributed by atoms with Crippen molar-refractivity contribution >= 4 is 29.3 Å². The summed E-state index contributed by atoms with van der Waals surface area (Å²) >= 11 is 1.49. The van der Waals surface area contributed by atoms with Gasteiger partial charge in [0.05, 0.1) is 5.75 Å². The molecule has 144 valence electrons. The molecule has 0 spiro atoms. The van der Waals surface area contributed by atoms with Crippen LogP contribution in [0.2, 0.25) is 0 Å². The third-order valence-electron chi connectivity index (χ3n) is 5.20. The van der Waals surface area contributed by atoms with Gasteiger partial charge < -0.3 is 10.2 Å². The highest BCUT2D eigenvalue weighted by molar-refractivity contribution is 7.99. The minimum atomic E-state index is -0.00132. The summed E-state index contributed by atoms with van der Waals surface area (Å²) in [5, 5.41) is 12.8. The number of nitrogens with zero attached hydrogens (tertiary/aromatic N) is 4. The van der Waals surface area contributed by atoms with Crippen molar-refractivity contribution < 1.29 is 4.79 Å². The Morgan fingerprint density at radius 3 is 2.70 bits per heavy atom. The number of anilines is 2. The van der Waals surface area contributed by atoms with Gasteiger partial charge in [-0.1, -0.05) is 23.9 Å². The molecule has 0 unspecified atom stereocenters. The van der Waals surface area contributed by atoms with E-state index < -0.39 is 0 Å². The topological polar surface area (TPSA) is 63.1 Å². The quantitative estimate of drug-likeness (QED) is 0.763. The zero-order chi connectivity index (χ0) is 18.8. The number of benzene rings is 1. The van der Waals surface area contributed by atoms with Gasteiger partial charge in [0.1, 0.15) is 0 Å². The lowest BCUT2D eigenvalue weighted by Crippen LogP contribution is -2.32. The van der Waals surface area contributed by atoms with Crippen molar-refractivity contribution in [2.24, 2.45) is 0 Å². The van der Waals surface area contributed by atoms with Crippen LogP contribution in [0.15, 0.2) is 23.4 Å². The van der Waals surface area contributed by atoms with E-state index >= 15 is 0 Å². The molecule has 2 fully saturated rings. The Hall–Kier alpha value is -2.02. The second kappa shape index (κ2) is 7.92. The molecule has 1 aromatic heterocycles. The van der Waals surface area contributed by atoms with E-state index in [-0.39, 0.29) is 5.91 Å². The van der Waals surface area contributed by atoms with Gasteiger partial charge in [-0.3, -0.25) is 9.36 Å². The van der Waals surface area contributed by atoms with Gasteiger partial charge >= 0.3 is 0 Å². The Bertz CT molecular complexity index is 824. The monoisotopic (exact) mass is 385 g/mol. The fraction of sp³-hybridized carbons (Fsp3) is 0.550. The van der Waals surface area contributed by atoms with E-state index in [0.717, 1.165) is 41.0 Å². The number of rotatable bonds is 6. The smallest absolute Gasteiger partial charge is 0.234 e. The molecule has 1 aliphatic carbocycles. The first-order valence-electron chi connectivity index (χ1n) is 9.81. The first-order chi connectivity index (χ1) is 13.1. The third kappa shape index (κ3) is 4.29. The molecule has 2 heterocycles. The van der Waals surface area contributed by atoms with E-state index in [0.29, 0.717) is 11.8 Å². The molecular formula is C20H27N5OS. The minimum Gasteiger partial charge on any atom is -0.341 e. The fourth-order valence-electron chi connectivity index (χ4n) is 3.52. The van der Waals surface area contributed by atoms with E-state index in [1.54, 1.807) is 0 Å². The first kappa shape index (κ1) is 18.3. The summed E-state index contributed by atoms with van der Waals surface area (Å²) in [6, 6.07) is 6.60. The number of hydrogen-bond acceptors (Lipinski definition) is 5. The van der Waals surface area contributed by atoms with Crippen molar-refractivity contribution in [3.63, 3.8) is 0 Å². The molecule has 27 heavy (non-hydrogen) atoms. The van der Waals surface area contributed by atoms with Crippen LogP contribution < -0.4 is 10.2 Å². The highest BCUT2D eigenvalue weighted by Crippen LogP contribution is 2.41. The molecule has 1 N–H and O–H groups in total. The molecular weight excluding hydrogens is 358 g/mol. The van der Waals surface area contributed by atoms with E-state index in [4.69, 9.17) is 0 Å². The molecule has 0 atom stereocenters. The maximum atomic E-state index is 12.5. The van der Waals surface area contributed by atoms with Crippen molar-refractivity contribution in [1.29, 1.82) is 0 Å². The number of aromatic nitrogens is 3. The number of thioether (sulfide) groups is 1. The van der Waals surface area contributed by atoms with Gasteiger partial charge in [-0.15, -0.1) is 10.2 Å². The molecule has 1 saturated carbocycles. The maximum Gasteiger partial charge on any atom is 0.234 e. The number of carbonyl (C=O) groups is 1. The largest absolute Gasteiger partial charge is 0.341 e. The lowest BCUT2D eigenvalue weighted by atomic mass is 10.1. The maximum absolute atomic E-state index is 12.5. The summed E-state index contributed by atoms with van der Waals surface area (Å²) in [6.45, 7) is 6.16. The minimum absolute atomic E-state index is 0.00132. The molecule has 4 rings (SSSR count). The standard InChI is InChI=1S/C20H27N5OS/c1-14-6-7-15(2)17(12-14)21-18(26)13-27-20-23-22-19(25(20)16-8-9-16)24-10-4-3-5-11-24/h6-7,12,16H,3-5,8-11,13H2,1-2H3,(H,21,26). The summed E-state index contributed by atoms with van der Waals surface area (Å²) in [4.78, 5) is 14.8. The van der Waals surface area contributed by atoms with Gasteiger partial charge in [-0.25, -0.2) is 0 Å². The summed E-state index contributed by atoms with van der Waals surface area (Å²) in [6.07, 6.45) is 6.10. The number of amides is 1. The van der Waals surface area contributed by atoms with Gasteiger partial charge in [0.15, 0.2) is 5.16 Å². The molecule has 0 radical (unpaired) electrons. The number of nitrogens with one attached hydrogen (secondary N) is 1. The van der Waals surface area contributed by atoms with Crippen LogP contribution in [0.3, 0.4) is 0 Å². The third-order valence-corrected chi connectivity index (χ3v) is 6.14. The van der Waals surface area contributed by atoms with Gasteiger partial charge in [0.25, 0.3) is 0 Å². The molecule has 1 aliphatic heterocycles. The van der Waals surface area contributed by atoms with Crippen LogP contribution in [0.4, 0.5) is 11.6 Å². The van der Waals surface area contributed by atoms with Crippen LogP contribution in [0.25, 0.3) is 0 Å². The van der Waals surface area contributed by atoms with E-state index in [9.17, 15) is 4.79 Å². The number of hydrogen-bond donors (Lipinski definition) is 1. The first-order valence-corrected chi connectivity index (χ1v) is 10.8. The van der Waals surface area contributed by atoms with Crippen LogP contribution in [0, 0.1) is 13.8 Å². The highest BCUT2D eigenvalue weighted by atomic mass is 32.2. The second-order valence-electron chi connectivity index (χ2n) is 7.59. The molecule has 2 aromatic rings. The van der Waals surface area contributed by atoms with Crippen molar-refractivity contribution in [2.45, 2.75) is 57.1 Å². The van der Waals surface area contributed by atoms with E-state index in [2.05, 4.69) is 31.0 Å². The molecule has 2 aliphatic rings. The second-order valence-corrected chi connectivity index (χ2v) is 8.53. The van der Waals surface area contributed by atoms with Crippen LogP contribution >= 0.6 is 11.8 Å². The highest BCUT2D eigenvalue weighted by Gasteiger charge is 2.32. The number of piperidine rings is 1. The zero-order valence-corrected chi connectivity index (χ0v) is 16.9. The Morgan fingerprint density at radius 1 is 1.19 bits per heavy atom.